The van der Waals surface area contributed by atoms with E-state index < -0.39 is 11.9 Å². The Hall–Kier alpha value is -1.00. The van der Waals surface area contributed by atoms with Gasteiger partial charge in [-0.3, -0.25) is 4.68 Å². The second-order valence-corrected chi connectivity index (χ2v) is 5.55. The molecule has 0 saturated heterocycles. The maximum atomic E-state index is 12.9. The van der Waals surface area contributed by atoms with Crippen LogP contribution in [0.25, 0.3) is 0 Å². The number of aliphatic imine (C=N–C) groups is 1. The first-order chi connectivity index (χ1) is 10.1. The molecule has 0 fully saturated rings. The van der Waals surface area contributed by atoms with Crippen molar-refractivity contribution in [1.82, 2.24) is 20.4 Å². The second kappa shape index (κ2) is 9.33. The molecule has 0 radical (unpaired) electrons. The summed E-state index contributed by atoms with van der Waals surface area (Å²) in [7, 11) is 1.47. The highest BCUT2D eigenvalue weighted by Crippen LogP contribution is 2.30. The maximum absolute atomic E-state index is 12.9. The quantitative estimate of drug-likeness (QED) is 0.415. The third-order valence-corrected chi connectivity index (χ3v) is 3.29. The molecule has 0 amide bonds. The smallest absolute Gasteiger partial charge is 0.357 e. The van der Waals surface area contributed by atoms with Crippen LogP contribution in [0.2, 0.25) is 0 Å². The molecule has 0 aliphatic rings. The lowest BCUT2D eigenvalue weighted by Gasteiger charge is -2.20. The van der Waals surface area contributed by atoms with Gasteiger partial charge in [0.25, 0.3) is 0 Å². The molecule has 5 nitrogen and oxygen atoms in total. The Kier molecular flexibility index (Phi) is 8.93. The van der Waals surface area contributed by atoms with E-state index in [2.05, 4.69) is 34.6 Å². The fourth-order valence-electron chi connectivity index (χ4n) is 1.76. The van der Waals surface area contributed by atoms with Crippen LogP contribution < -0.4 is 10.6 Å². The molecule has 23 heavy (non-hydrogen) atoms. The summed E-state index contributed by atoms with van der Waals surface area (Å²) in [4.78, 5) is 4.23. The monoisotopic (exact) mass is 447 g/mol. The van der Waals surface area contributed by atoms with Crippen molar-refractivity contribution in [3.05, 3.63) is 17.5 Å². The van der Waals surface area contributed by atoms with Gasteiger partial charge in [-0.25, -0.2) is 4.99 Å². The summed E-state index contributed by atoms with van der Waals surface area (Å²) in [6, 6.07) is 0.161. The molecule has 0 aromatic carbocycles. The van der Waals surface area contributed by atoms with Crippen LogP contribution in [0.5, 0.6) is 0 Å². The fraction of sp³-hybridized carbons (Fsp3) is 0.714. The van der Waals surface area contributed by atoms with Gasteiger partial charge in [-0.2, -0.15) is 18.3 Å². The molecule has 1 heterocycles. The number of rotatable bonds is 5. The molecule has 1 atom stereocenters. The van der Waals surface area contributed by atoms with E-state index in [0.717, 1.165) is 4.68 Å². The summed E-state index contributed by atoms with van der Waals surface area (Å²) >= 11 is 0. The van der Waals surface area contributed by atoms with Crippen molar-refractivity contribution in [1.29, 1.82) is 0 Å². The van der Waals surface area contributed by atoms with Crippen LogP contribution in [0.15, 0.2) is 11.2 Å². The van der Waals surface area contributed by atoms with Gasteiger partial charge in [0, 0.05) is 31.4 Å². The highest BCUT2D eigenvalue weighted by atomic mass is 127. The fourth-order valence-corrected chi connectivity index (χ4v) is 1.76. The average molecular weight is 447 g/mol. The molecule has 0 aliphatic carbocycles. The second-order valence-electron chi connectivity index (χ2n) is 5.55. The van der Waals surface area contributed by atoms with Crippen molar-refractivity contribution in [2.24, 2.45) is 18.0 Å². The lowest BCUT2D eigenvalue weighted by molar-refractivity contribution is -0.142. The van der Waals surface area contributed by atoms with E-state index in [1.807, 2.05) is 13.8 Å². The number of hydrogen-bond donors (Lipinski definition) is 2. The normalized spacial score (nSPS) is 13.7. The molecule has 0 bridgehead atoms. The van der Waals surface area contributed by atoms with E-state index in [0.29, 0.717) is 18.4 Å². The van der Waals surface area contributed by atoms with Crippen LogP contribution in [0.3, 0.4) is 0 Å². The minimum atomic E-state index is -4.47. The van der Waals surface area contributed by atoms with Gasteiger partial charge in [0.05, 0.1) is 6.54 Å². The van der Waals surface area contributed by atoms with Crippen molar-refractivity contribution in [2.45, 2.75) is 46.5 Å². The van der Waals surface area contributed by atoms with Gasteiger partial charge in [0.15, 0.2) is 11.7 Å². The van der Waals surface area contributed by atoms with Gasteiger partial charge >= 0.3 is 6.18 Å². The highest BCUT2D eigenvalue weighted by Gasteiger charge is 2.36. The summed E-state index contributed by atoms with van der Waals surface area (Å²) in [5.41, 5.74) is -0.823. The Morgan fingerprint density at radius 3 is 2.43 bits per heavy atom. The molecule has 0 aliphatic heterocycles. The van der Waals surface area contributed by atoms with Gasteiger partial charge in [0.2, 0.25) is 0 Å². The molecule has 0 saturated carbocycles. The van der Waals surface area contributed by atoms with E-state index in [-0.39, 0.29) is 42.1 Å². The Morgan fingerprint density at radius 1 is 1.35 bits per heavy atom. The minimum Gasteiger partial charge on any atom is -0.357 e. The van der Waals surface area contributed by atoms with Gasteiger partial charge in [-0.05, 0) is 19.8 Å². The molecular formula is C14H25F3IN5. The van der Waals surface area contributed by atoms with E-state index >= 15 is 0 Å². The summed E-state index contributed by atoms with van der Waals surface area (Å²) in [6.45, 7) is 8.58. The zero-order valence-electron chi connectivity index (χ0n) is 14.0. The first-order valence-corrected chi connectivity index (χ1v) is 7.29. The van der Waals surface area contributed by atoms with Gasteiger partial charge < -0.3 is 10.6 Å². The van der Waals surface area contributed by atoms with Crippen LogP contribution in [0.1, 0.15) is 39.0 Å². The molecule has 1 aromatic heterocycles. The Morgan fingerprint density at radius 2 is 1.96 bits per heavy atom. The number of nitrogens with zero attached hydrogens (tertiary/aromatic N) is 3. The maximum Gasteiger partial charge on any atom is 0.435 e. The van der Waals surface area contributed by atoms with Crippen LogP contribution >= 0.6 is 24.0 Å². The lowest BCUT2D eigenvalue weighted by Crippen LogP contribution is -2.44. The van der Waals surface area contributed by atoms with Crippen molar-refractivity contribution >= 4 is 29.9 Å². The summed E-state index contributed by atoms with van der Waals surface area (Å²) in [5, 5.41) is 9.69. The first-order valence-electron chi connectivity index (χ1n) is 7.29. The minimum absolute atomic E-state index is 0. The standard InChI is InChI=1S/C14H24F3N5.HI/c1-6-18-13(20-10(4)9(2)3)19-7-11-8-22(5)21-12(11)14(15,16)17;/h8-10H,6-7H2,1-5H3,(H2,18,19,20);1H. The predicted octanol–water partition coefficient (Wildman–Crippen LogP) is 3.16. The van der Waals surface area contributed by atoms with E-state index in [1.54, 1.807) is 0 Å². The van der Waals surface area contributed by atoms with Crippen molar-refractivity contribution < 1.29 is 13.2 Å². The topological polar surface area (TPSA) is 54.2 Å². The van der Waals surface area contributed by atoms with Crippen LogP contribution in [-0.4, -0.2) is 28.3 Å². The molecule has 2 N–H and O–H groups in total. The third kappa shape index (κ3) is 6.96. The summed E-state index contributed by atoms with van der Waals surface area (Å²) in [6.07, 6.45) is -3.12. The van der Waals surface area contributed by atoms with Crippen molar-refractivity contribution in [3.8, 4) is 0 Å². The first kappa shape index (κ1) is 22.0. The van der Waals surface area contributed by atoms with Crippen LogP contribution in [0, 0.1) is 5.92 Å². The van der Waals surface area contributed by atoms with Crippen LogP contribution in [-0.2, 0) is 19.8 Å². The van der Waals surface area contributed by atoms with Gasteiger partial charge in [0.1, 0.15) is 0 Å². The van der Waals surface area contributed by atoms with E-state index in [9.17, 15) is 13.2 Å². The molecular weight excluding hydrogens is 422 g/mol. The molecule has 1 aromatic rings. The van der Waals surface area contributed by atoms with Crippen molar-refractivity contribution in [2.75, 3.05) is 6.54 Å². The Balaban J connectivity index is 0.00000484. The SMILES string of the molecule is CCNC(=NCc1cn(C)nc1C(F)(F)F)NC(C)C(C)C.I. The zero-order valence-corrected chi connectivity index (χ0v) is 16.4. The molecule has 9 heteroatoms. The average Bonchev–Trinajstić information content (AvgIpc) is 2.77. The highest BCUT2D eigenvalue weighted by molar-refractivity contribution is 14.0. The number of halogens is 4. The number of nitrogens with one attached hydrogen (secondary N) is 2. The Bertz CT molecular complexity index is 511. The third-order valence-electron chi connectivity index (χ3n) is 3.29. The van der Waals surface area contributed by atoms with E-state index in [1.165, 1.54) is 13.2 Å². The number of alkyl halides is 3. The predicted molar refractivity (Wildman–Crippen MR) is 95.9 cm³/mol. The molecule has 1 rings (SSSR count). The number of guanidine groups is 1. The van der Waals surface area contributed by atoms with Crippen LogP contribution in [0.4, 0.5) is 13.2 Å². The largest absolute Gasteiger partial charge is 0.435 e. The van der Waals surface area contributed by atoms with Gasteiger partial charge in [-0.15, -0.1) is 24.0 Å². The Labute approximate surface area is 152 Å². The molecule has 1 unspecified atom stereocenters. The zero-order chi connectivity index (χ0) is 16.9. The lowest BCUT2D eigenvalue weighted by atomic mass is 10.1. The van der Waals surface area contributed by atoms with Gasteiger partial charge in [-0.1, -0.05) is 13.8 Å². The number of aryl methyl sites for hydroxylation is 1. The molecule has 134 valence electrons. The number of aromatic nitrogens is 2. The molecule has 0 spiro atoms. The van der Waals surface area contributed by atoms with Crippen molar-refractivity contribution in [3.63, 3.8) is 0 Å². The summed E-state index contributed by atoms with van der Waals surface area (Å²) < 4.78 is 39.8. The van der Waals surface area contributed by atoms with E-state index in [4.69, 9.17) is 0 Å². The summed E-state index contributed by atoms with van der Waals surface area (Å²) in [5.74, 6) is 0.883. The number of hydrogen-bond acceptors (Lipinski definition) is 2.